The van der Waals surface area contributed by atoms with Crippen LogP contribution in [0.25, 0.3) is 0 Å². The number of halogens is 1. The number of likely N-dealkylation sites (N-methyl/N-ethyl adjacent to an activating group) is 1. The van der Waals surface area contributed by atoms with E-state index in [9.17, 15) is 8.42 Å². The summed E-state index contributed by atoms with van der Waals surface area (Å²) in [6, 6.07) is 2.98. The van der Waals surface area contributed by atoms with Crippen LogP contribution in [0.1, 0.15) is 19.8 Å². The molecular formula is C14H22ClN3O3S. The molecule has 0 bridgehead atoms. The zero-order valence-corrected chi connectivity index (χ0v) is 14.4. The Morgan fingerprint density at radius 1 is 1.50 bits per heavy atom. The molecule has 2 rings (SSSR count). The third-order valence-electron chi connectivity index (χ3n) is 3.99. The molecule has 1 saturated heterocycles. The number of nitrogen functional groups attached to an aromatic ring is 1. The normalized spacial score (nSPS) is 19.5. The van der Waals surface area contributed by atoms with Gasteiger partial charge in [0.2, 0.25) is 10.0 Å². The van der Waals surface area contributed by atoms with Crippen LogP contribution in [-0.2, 0) is 10.0 Å². The molecule has 1 aromatic rings. The predicted octanol–water partition coefficient (Wildman–Crippen LogP) is 1.69. The average molecular weight is 348 g/mol. The molecule has 0 aliphatic carbocycles. The van der Waals surface area contributed by atoms with Crippen molar-refractivity contribution in [2.24, 2.45) is 0 Å². The number of hydrogen-bond acceptors (Lipinski definition) is 5. The van der Waals surface area contributed by atoms with Gasteiger partial charge in [-0.2, -0.15) is 0 Å². The van der Waals surface area contributed by atoms with Crippen LogP contribution >= 0.6 is 11.6 Å². The van der Waals surface area contributed by atoms with Crippen LogP contribution in [-0.4, -0.2) is 46.1 Å². The first-order valence-corrected chi connectivity index (χ1v) is 9.12. The van der Waals surface area contributed by atoms with Crippen molar-refractivity contribution in [3.63, 3.8) is 0 Å². The van der Waals surface area contributed by atoms with E-state index in [4.69, 9.17) is 22.1 Å². The lowest BCUT2D eigenvalue weighted by molar-refractivity contribution is 0.268. The fourth-order valence-electron chi connectivity index (χ4n) is 2.75. The summed E-state index contributed by atoms with van der Waals surface area (Å²) < 4.78 is 32.8. The number of likely N-dealkylation sites (tertiary alicyclic amines) is 1. The molecule has 0 unspecified atom stereocenters. The first-order valence-electron chi connectivity index (χ1n) is 7.25. The van der Waals surface area contributed by atoms with Gasteiger partial charge in [0.25, 0.3) is 0 Å². The van der Waals surface area contributed by atoms with Gasteiger partial charge in [0.05, 0.1) is 17.8 Å². The second-order valence-corrected chi connectivity index (χ2v) is 7.44. The predicted molar refractivity (Wildman–Crippen MR) is 87.9 cm³/mol. The molecule has 0 amide bonds. The van der Waals surface area contributed by atoms with E-state index in [1.165, 1.54) is 19.2 Å². The lowest BCUT2D eigenvalue weighted by Gasteiger charge is -2.23. The van der Waals surface area contributed by atoms with Crippen LogP contribution in [0, 0.1) is 0 Å². The second kappa shape index (κ2) is 7.04. The smallest absolute Gasteiger partial charge is 0.244 e. The molecule has 0 saturated carbocycles. The maximum atomic E-state index is 12.5. The summed E-state index contributed by atoms with van der Waals surface area (Å²) in [5.41, 5.74) is 5.97. The molecule has 1 aliphatic heterocycles. The maximum Gasteiger partial charge on any atom is 0.244 e. The molecule has 22 heavy (non-hydrogen) atoms. The van der Waals surface area contributed by atoms with Gasteiger partial charge in [-0.15, -0.1) is 0 Å². The number of ether oxygens (including phenoxy) is 1. The van der Waals surface area contributed by atoms with Crippen molar-refractivity contribution in [2.45, 2.75) is 30.7 Å². The largest absolute Gasteiger partial charge is 0.495 e. The standard InChI is InChI=1S/C14H22ClN3O3S/c1-3-18-6-4-5-10(18)9-17-22(19,20)14-7-11(15)12(16)8-13(14)21-2/h7-8,10,17H,3-6,9,16H2,1-2H3/t10-/m1/s1. The van der Waals surface area contributed by atoms with E-state index in [1.807, 2.05) is 0 Å². The Morgan fingerprint density at radius 3 is 2.86 bits per heavy atom. The van der Waals surface area contributed by atoms with E-state index in [0.717, 1.165) is 25.9 Å². The van der Waals surface area contributed by atoms with Gasteiger partial charge < -0.3 is 10.5 Å². The Hall–Kier alpha value is -1.02. The number of benzene rings is 1. The number of methoxy groups -OCH3 is 1. The number of anilines is 1. The molecule has 3 N–H and O–H groups in total. The average Bonchev–Trinajstić information content (AvgIpc) is 2.95. The van der Waals surface area contributed by atoms with Crippen LogP contribution in [0.2, 0.25) is 5.02 Å². The van der Waals surface area contributed by atoms with Crippen LogP contribution in [0.5, 0.6) is 5.75 Å². The van der Waals surface area contributed by atoms with Crippen molar-refractivity contribution in [1.82, 2.24) is 9.62 Å². The van der Waals surface area contributed by atoms with Crippen molar-refractivity contribution in [2.75, 3.05) is 32.5 Å². The van der Waals surface area contributed by atoms with Crippen molar-refractivity contribution in [3.8, 4) is 5.75 Å². The minimum Gasteiger partial charge on any atom is -0.495 e. The number of sulfonamides is 1. The highest BCUT2D eigenvalue weighted by molar-refractivity contribution is 7.89. The minimum absolute atomic E-state index is 0.00949. The van der Waals surface area contributed by atoms with Gasteiger partial charge in [0, 0.05) is 18.7 Å². The summed E-state index contributed by atoms with van der Waals surface area (Å²) >= 11 is 5.94. The summed E-state index contributed by atoms with van der Waals surface area (Å²) in [6.07, 6.45) is 2.09. The highest BCUT2D eigenvalue weighted by atomic mass is 35.5. The molecule has 1 fully saturated rings. The van der Waals surface area contributed by atoms with Crippen LogP contribution in [0.15, 0.2) is 17.0 Å². The van der Waals surface area contributed by atoms with Gasteiger partial charge in [-0.1, -0.05) is 18.5 Å². The molecule has 1 aliphatic rings. The second-order valence-electron chi connectivity index (χ2n) is 5.30. The Kier molecular flexibility index (Phi) is 5.55. The number of hydrogen-bond donors (Lipinski definition) is 2. The van der Waals surface area contributed by atoms with Crippen LogP contribution in [0.4, 0.5) is 5.69 Å². The SMILES string of the molecule is CCN1CCC[C@@H]1CNS(=O)(=O)c1cc(Cl)c(N)cc1OC. The highest BCUT2D eigenvalue weighted by Crippen LogP contribution is 2.32. The summed E-state index contributed by atoms with van der Waals surface area (Å²) in [6.45, 7) is 4.39. The Morgan fingerprint density at radius 2 is 2.23 bits per heavy atom. The van der Waals surface area contributed by atoms with Crippen molar-refractivity contribution < 1.29 is 13.2 Å². The van der Waals surface area contributed by atoms with Gasteiger partial charge in [-0.05, 0) is 32.0 Å². The van der Waals surface area contributed by atoms with Gasteiger partial charge in [0.1, 0.15) is 10.6 Å². The summed E-state index contributed by atoms with van der Waals surface area (Å²) in [5, 5.41) is 0.192. The zero-order valence-electron chi connectivity index (χ0n) is 12.8. The molecule has 6 nitrogen and oxygen atoms in total. The fourth-order valence-corrected chi connectivity index (χ4v) is 4.22. The molecular weight excluding hydrogens is 326 g/mol. The van der Waals surface area contributed by atoms with Gasteiger partial charge in [0.15, 0.2) is 0 Å². The van der Waals surface area contributed by atoms with E-state index >= 15 is 0 Å². The monoisotopic (exact) mass is 347 g/mol. The summed E-state index contributed by atoms with van der Waals surface area (Å²) in [7, 11) is -2.30. The third-order valence-corrected chi connectivity index (χ3v) is 5.76. The van der Waals surface area contributed by atoms with E-state index in [2.05, 4.69) is 16.5 Å². The van der Waals surface area contributed by atoms with E-state index in [0.29, 0.717) is 6.54 Å². The molecule has 1 atom stereocenters. The molecule has 124 valence electrons. The quantitative estimate of drug-likeness (QED) is 0.765. The van der Waals surface area contributed by atoms with E-state index in [1.54, 1.807) is 0 Å². The lowest BCUT2D eigenvalue weighted by atomic mass is 10.2. The van der Waals surface area contributed by atoms with Gasteiger partial charge >= 0.3 is 0 Å². The summed E-state index contributed by atoms with van der Waals surface area (Å²) in [4.78, 5) is 2.28. The van der Waals surface area contributed by atoms with Crippen molar-refractivity contribution in [3.05, 3.63) is 17.2 Å². The number of rotatable bonds is 6. The van der Waals surface area contributed by atoms with Gasteiger partial charge in [-0.3, -0.25) is 4.90 Å². The molecule has 0 aromatic heterocycles. The highest BCUT2D eigenvalue weighted by Gasteiger charge is 2.27. The minimum atomic E-state index is -3.70. The lowest BCUT2D eigenvalue weighted by Crippen LogP contribution is -2.40. The van der Waals surface area contributed by atoms with Gasteiger partial charge in [-0.25, -0.2) is 13.1 Å². The van der Waals surface area contributed by atoms with Crippen molar-refractivity contribution in [1.29, 1.82) is 0 Å². The first kappa shape index (κ1) is 17.3. The van der Waals surface area contributed by atoms with Crippen LogP contribution in [0.3, 0.4) is 0 Å². The topological polar surface area (TPSA) is 84.7 Å². The molecule has 0 spiro atoms. The Bertz CT molecular complexity index is 636. The van der Waals surface area contributed by atoms with E-state index in [-0.39, 0.29) is 27.4 Å². The fraction of sp³-hybridized carbons (Fsp3) is 0.571. The molecule has 1 aromatic carbocycles. The number of nitrogens with zero attached hydrogens (tertiary/aromatic N) is 1. The summed E-state index contributed by atoms with van der Waals surface area (Å²) in [5.74, 6) is 0.188. The van der Waals surface area contributed by atoms with Crippen molar-refractivity contribution >= 4 is 27.3 Å². The molecule has 0 radical (unpaired) electrons. The van der Waals surface area contributed by atoms with Crippen LogP contribution < -0.4 is 15.2 Å². The first-order chi connectivity index (χ1) is 10.4. The Labute approximate surface area is 136 Å². The van der Waals surface area contributed by atoms with E-state index < -0.39 is 10.0 Å². The third kappa shape index (κ3) is 3.65. The molecule has 8 heteroatoms. The Balaban J connectivity index is 2.18. The number of nitrogens with two attached hydrogens (primary N) is 1. The molecule has 1 heterocycles. The zero-order chi connectivity index (χ0) is 16.3. The number of nitrogens with one attached hydrogen (secondary N) is 1. The maximum absolute atomic E-state index is 12.5.